The molecule has 0 aliphatic rings. The van der Waals surface area contributed by atoms with E-state index in [4.69, 9.17) is 11.2 Å². The molecule has 0 aliphatic heterocycles. The smallest absolute Gasteiger partial charge is 0.161 e. The second-order valence-corrected chi connectivity index (χ2v) is 3.64. The summed E-state index contributed by atoms with van der Waals surface area (Å²) in [5, 5.41) is 0. The molecule has 0 heterocycles. The maximum atomic E-state index is 11.7. The van der Waals surface area contributed by atoms with E-state index in [0.717, 1.165) is 6.42 Å². The third-order valence-electron chi connectivity index (χ3n) is 2.01. The van der Waals surface area contributed by atoms with Gasteiger partial charge < -0.3 is 4.74 Å². The Bertz CT molecular complexity index is 201. The van der Waals surface area contributed by atoms with Crippen LogP contribution in [0.15, 0.2) is 0 Å². The van der Waals surface area contributed by atoms with Gasteiger partial charge in [0.15, 0.2) is 5.78 Å². The first-order valence-electron chi connectivity index (χ1n) is 5.21. The Morgan fingerprint density at radius 3 is 2.57 bits per heavy atom. The maximum Gasteiger partial charge on any atom is 0.161 e. The molecule has 0 bridgehead atoms. The van der Waals surface area contributed by atoms with Crippen molar-refractivity contribution in [2.75, 3.05) is 6.61 Å². The Kier molecular flexibility index (Phi) is 7.14. The Balaban J connectivity index is 3.97. The van der Waals surface area contributed by atoms with Gasteiger partial charge in [-0.05, 0) is 19.3 Å². The third kappa shape index (κ3) is 5.04. The van der Waals surface area contributed by atoms with E-state index < -0.39 is 0 Å². The average Bonchev–Trinajstić information content (AvgIpc) is 2.13. The molecule has 80 valence electrons. The number of carbonyl (C=O) groups excluding carboxylic acids is 1. The number of ether oxygens (including phenoxy) is 1. The molecule has 1 atom stereocenters. The first-order valence-corrected chi connectivity index (χ1v) is 5.21. The highest BCUT2D eigenvalue weighted by Gasteiger charge is 2.21. The van der Waals surface area contributed by atoms with Crippen LogP contribution >= 0.6 is 0 Å². The quantitative estimate of drug-likeness (QED) is 0.462. The molecule has 0 aliphatic carbocycles. The lowest BCUT2D eigenvalue weighted by Gasteiger charge is -2.19. The molecule has 0 aromatic heterocycles. The van der Waals surface area contributed by atoms with E-state index in [2.05, 4.69) is 5.92 Å². The van der Waals surface area contributed by atoms with Crippen LogP contribution in [0.5, 0.6) is 0 Å². The van der Waals surface area contributed by atoms with Crippen LogP contribution in [0.25, 0.3) is 0 Å². The number of Topliss-reactive ketones (excluding diaryl/α,β-unsaturated/α-hetero) is 1. The predicted octanol–water partition coefficient (Wildman–Crippen LogP) is 2.42. The molecule has 0 N–H and O–H groups in total. The van der Waals surface area contributed by atoms with Crippen LogP contribution in [0.3, 0.4) is 0 Å². The van der Waals surface area contributed by atoms with Gasteiger partial charge in [0.05, 0.1) is 0 Å². The van der Waals surface area contributed by atoms with E-state index in [-0.39, 0.29) is 17.8 Å². The standard InChI is InChI=1S/C12H20O2/c1-5-7-8-9-11(13)12(10(3)4)14-6-2/h1,10,12H,6-9H2,2-4H3. The van der Waals surface area contributed by atoms with E-state index in [1.54, 1.807) is 0 Å². The Hall–Kier alpha value is -0.810. The molecule has 0 rings (SSSR count). The molecular formula is C12H20O2. The number of rotatable bonds is 7. The van der Waals surface area contributed by atoms with Gasteiger partial charge in [0.25, 0.3) is 0 Å². The summed E-state index contributed by atoms with van der Waals surface area (Å²) < 4.78 is 5.39. The van der Waals surface area contributed by atoms with Gasteiger partial charge in [0.1, 0.15) is 6.10 Å². The van der Waals surface area contributed by atoms with Crippen molar-refractivity contribution in [1.29, 1.82) is 0 Å². The van der Waals surface area contributed by atoms with Crippen molar-refractivity contribution >= 4 is 5.78 Å². The van der Waals surface area contributed by atoms with Gasteiger partial charge in [-0.25, -0.2) is 0 Å². The number of unbranched alkanes of at least 4 members (excludes halogenated alkanes) is 1. The summed E-state index contributed by atoms with van der Waals surface area (Å²) >= 11 is 0. The van der Waals surface area contributed by atoms with Crippen molar-refractivity contribution in [2.45, 2.75) is 46.1 Å². The summed E-state index contributed by atoms with van der Waals surface area (Å²) in [7, 11) is 0. The van der Waals surface area contributed by atoms with Gasteiger partial charge in [0.2, 0.25) is 0 Å². The fourth-order valence-corrected chi connectivity index (χ4v) is 1.34. The van der Waals surface area contributed by atoms with Crippen molar-refractivity contribution in [2.24, 2.45) is 5.92 Å². The van der Waals surface area contributed by atoms with Gasteiger partial charge in [-0.15, -0.1) is 12.3 Å². The van der Waals surface area contributed by atoms with Crippen LogP contribution in [0.4, 0.5) is 0 Å². The summed E-state index contributed by atoms with van der Waals surface area (Å²) in [5.74, 6) is 2.95. The topological polar surface area (TPSA) is 26.3 Å². The van der Waals surface area contributed by atoms with Crippen LogP contribution in [0, 0.1) is 18.3 Å². The van der Waals surface area contributed by atoms with Crippen LogP contribution in [-0.4, -0.2) is 18.5 Å². The van der Waals surface area contributed by atoms with E-state index in [0.29, 0.717) is 19.4 Å². The van der Waals surface area contributed by atoms with E-state index >= 15 is 0 Å². The zero-order valence-corrected chi connectivity index (χ0v) is 9.38. The van der Waals surface area contributed by atoms with Crippen molar-refractivity contribution in [1.82, 2.24) is 0 Å². The molecule has 0 amide bonds. The fraction of sp³-hybridized carbons (Fsp3) is 0.750. The maximum absolute atomic E-state index is 11.7. The van der Waals surface area contributed by atoms with Crippen molar-refractivity contribution in [3.63, 3.8) is 0 Å². The summed E-state index contributed by atoms with van der Waals surface area (Å²) in [4.78, 5) is 11.7. The first-order chi connectivity index (χ1) is 6.63. The second-order valence-electron chi connectivity index (χ2n) is 3.64. The lowest BCUT2D eigenvalue weighted by Crippen LogP contribution is -2.29. The molecule has 0 radical (unpaired) electrons. The fourth-order valence-electron chi connectivity index (χ4n) is 1.34. The van der Waals surface area contributed by atoms with Crippen molar-refractivity contribution in [3.8, 4) is 12.3 Å². The lowest BCUT2D eigenvalue weighted by molar-refractivity contribution is -0.133. The first kappa shape index (κ1) is 13.2. The normalized spacial score (nSPS) is 12.5. The zero-order chi connectivity index (χ0) is 11.0. The van der Waals surface area contributed by atoms with Crippen LogP contribution in [0.1, 0.15) is 40.0 Å². The summed E-state index contributed by atoms with van der Waals surface area (Å²) in [6, 6.07) is 0. The van der Waals surface area contributed by atoms with E-state index in [9.17, 15) is 4.79 Å². The molecule has 0 aromatic carbocycles. The predicted molar refractivity (Wildman–Crippen MR) is 57.9 cm³/mol. The van der Waals surface area contributed by atoms with Gasteiger partial charge in [-0.2, -0.15) is 0 Å². The molecule has 0 aromatic rings. The molecule has 14 heavy (non-hydrogen) atoms. The molecule has 1 unspecified atom stereocenters. The molecule has 0 saturated heterocycles. The van der Waals surface area contributed by atoms with E-state index in [1.807, 2.05) is 20.8 Å². The highest BCUT2D eigenvalue weighted by Crippen LogP contribution is 2.11. The number of terminal acetylenes is 1. The molecule has 2 heteroatoms. The number of carbonyl (C=O) groups is 1. The van der Waals surface area contributed by atoms with Gasteiger partial charge in [-0.3, -0.25) is 4.79 Å². The summed E-state index contributed by atoms with van der Waals surface area (Å²) in [6.07, 6.45) is 6.84. The Labute approximate surface area is 87.0 Å². The molecular weight excluding hydrogens is 176 g/mol. The number of hydrogen-bond donors (Lipinski definition) is 0. The second kappa shape index (κ2) is 7.58. The molecule has 0 fully saturated rings. The minimum atomic E-state index is -0.252. The summed E-state index contributed by atoms with van der Waals surface area (Å²) in [6.45, 7) is 6.49. The van der Waals surface area contributed by atoms with Gasteiger partial charge in [-0.1, -0.05) is 13.8 Å². The van der Waals surface area contributed by atoms with Crippen LogP contribution in [-0.2, 0) is 9.53 Å². The van der Waals surface area contributed by atoms with Crippen LogP contribution < -0.4 is 0 Å². The Morgan fingerprint density at radius 1 is 1.50 bits per heavy atom. The molecule has 2 nitrogen and oxygen atoms in total. The number of ketones is 1. The third-order valence-corrected chi connectivity index (χ3v) is 2.01. The van der Waals surface area contributed by atoms with Crippen molar-refractivity contribution in [3.05, 3.63) is 0 Å². The molecule has 0 spiro atoms. The largest absolute Gasteiger partial charge is 0.370 e. The highest BCUT2D eigenvalue weighted by atomic mass is 16.5. The van der Waals surface area contributed by atoms with E-state index in [1.165, 1.54) is 0 Å². The van der Waals surface area contributed by atoms with Crippen LogP contribution in [0.2, 0.25) is 0 Å². The van der Waals surface area contributed by atoms with Gasteiger partial charge in [0, 0.05) is 19.4 Å². The minimum Gasteiger partial charge on any atom is -0.370 e. The van der Waals surface area contributed by atoms with Crippen molar-refractivity contribution < 1.29 is 9.53 Å². The SMILES string of the molecule is C#CCCCC(=O)C(OCC)C(C)C. The minimum absolute atomic E-state index is 0.178. The lowest BCUT2D eigenvalue weighted by atomic mass is 9.99. The monoisotopic (exact) mass is 196 g/mol. The molecule has 0 saturated carbocycles. The average molecular weight is 196 g/mol. The Morgan fingerprint density at radius 2 is 2.14 bits per heavy atom. The number of hydrogen-bond acceptors (Lipinski definition) is 2. The summed E-state index contributed by atoms with van der Waals surface area (Å²) in [5.41, 5.74) is 0. The highest BCUT2D eigenvalue weighted by molar-refractivity contribution is 5.83. The van der Waals surface area contributed by atoms with Gasteiger partial charge >= 0.3 is 0 Å². The zero-order valence-electron chi connectivity index (χ0n) is 9.38.